The van der Waals surface area contributed by atoms with Crippen molar-refractivity contribution in [3.8, 4) is 0 Å². The molecule has 0 unspecified atom stereocenters. The Morgan fingerprint density at radius 2 is 1.68 bits per heavy atom. The minimum absolute atomic E-state index is 0.226. The van der Waals surface area contributed by atoms with Crippen LogP contribution in [0.5, 0.6) is 0 Å². The molecule has 3 heterocycles. The lowest BCUT2D eigenvalue weighted by molar-refractivity contribution is 0.231. The molecule has 0 N–H and O–H groups in total. The van der Waals surface area contributed by atoms with Gasteiger partial charge in [0.2, 0.25) is 0 Å². The van der Waals surface area contributed by atoms with Crippen LogP contribution in [0.4, 0.5) is 0 Å². The SMILES string of the molecule is CC.Cc1nc2n(c(=O)c1CCN1CCCCC1)CCCC2. The van der Waals surface area contributed by atoms with E-state index < -0.39 is 0 Å². The van der Waals surface area contributed by atoms with Gasteiger partial charge in [-0.2, -0.15) is 0 Å². The minimum atomic E-state index is 0.226. The third-order valence-electron chi connectivity index (χ3n) is 4.71. The van der Waals surface area contributed by atoms with Gasteiger partial charge in [0.25, 0.3) is 5.56 Å². The summed E-state index contributed by atoms with van der Waals surface area (Å²) >= 11 is 0. The van der Waals surface area contributed by atoms with Crippen molar-refractivity contribution in [3.05, 3.63) is 27.4 Å². The molecule has 2 aliphatic heterocycles. The van der Waals surface area contributed by atoms with Gasteiger partial charge in [-0.25, -0.2) is 4.98 Å². The second kappa shape index (κ2) is 8.47. The fourth-order valence-electron chi connectivity index (χ4n) is 3.47. The maximum absolute atomic E-state index is 12.6. The van der Waals surface area contributed by atoms with E-state index in [0.717, 1.165) is 49.4 Å². The summed E-state index contributed by atoms with van der Waals surface area (Å²) in [5, 5.41) is 0. The highest BCUT2D eigenvalue weighted by molar-refractivity contribution is 5.19. The normalized spacial score (nSPS) is 18.3. The van der Waals surface area contributed by atoms with Crippen LogP contribution in [0.2, 0.25) is 0 Å². The van der Waals surface area contributed by atoms with E-state index in [2.05, 4.69) is 9.88 Å². The van der Waals surface area contributed by atoms with Gasteiger partial charge in [0.1, 0.15) is 5.82 Å². The molecule has 1 aromatic rings. The van der Waals surface area contributed by atoms with E-state index in [9.17, 15) is 4.79 Å². The van der Waals surface area contributed by atoms with Gasteiger partial charge in [-0.1, -0.05) is 20.3 Å². The first-order valence-corrected chi connectivity index (χ1v) is 9.07. The van der Waals surface area contributed by atoms with Crippen LogP contribution in [0.25, 0.3) is 0 Å². The molecule has 0 atom stereocenters. The highest BCUT2D eigenvalue weighted by Gasteiger charge is 2.18. The molecule has 0 spiro atoms. The molecule has 4 heteroatoms. The Hall–Kier alpha value is -1.16. The number of fused-ring (bicyclic) bond motifs is 1. The predicted molar refractivity (Wildman–Crippen MR) is 91.5 cm³/mol. The number of hydrogen-bond acceptors (Lipinski definition) is 3. The lowest BCUT2D eigenvalue weighted by atomic mass is 10.1. The summed E-state index contributed by atoms with van der Waals surface area (Å²) in [6.07, 6.45) is 8.07. The molecular formula is C18H31N3O. The van der Waals surface area contributed by atoms with Crippen LogP contribution in [0.3, 0.4) is 0 Å². The molecule has 0 amide bonds. The molecule has 124 valence electrons. The van der Waals surface area contributed by atoms with E-state index in [1.54, 1.807) is 0 Å². The van der Waals surface area contributed by atoms with Crippen LogP contribution in [0.1, 0.15) is 63.0 Å². The molecule has 0 aromatic carbocycles. The topological polar surface area (TPSA) is 38.1 Å². The first-order chi connectivity index (χ1) is 10.8. The van der Waals surface area contributed by atoms with Crippen molar-refractivity contribution in [2.45, 2.75) is 72.3 Å². The van der Waals surface area contributed by atoms with Crippen LogP contribution < -0.4 is 5.56 Å². The summed E-state index contributed by atoms with van der Waals surface area (Å²) in [6, 6.07) is 0. The summed E-state index contributed by atoms with van der Waals surface area (Å²) in [6.45, 7) is 10.3. The average molecular weight is 305 g/mol. The number of aromatic nitrogens is 2. The summed E-state index contributed by atoms with van der Waals surface area (Å²) in [4.78, 5) is 19.8. The summed E-state index contributed by atoms with van der Waals surface area (Å²) < 4.78 is 1.92. The van der Waals surface area contributed by atoms with Crippen LogP contribution >= 0.6 is 0 Å². The van der Waals surface area contributed by atoms with E-state index in [1.807, 2.05) is 25.3 Å². The zero-order chi connectivity index (χ0) is 15.9. The van der Waals surface area contributed by atoms with Crippen LogP contribution in [-0.2, 0) is 19.4 Å². The molecule has 1 saturated heterocycles. The Balaban J connectivity index is 0.000000847. The standard InChI is InChI=1S/C16H25N3O.C2H6/c1-13-14(8-12-18-9-4-2-5-10-18)16(20)19-11-6-3-7-15(19)17-13;1-2/h2-12H2,1H3;1-2H3. The maximum Gasteiger partial charge on any atom is 0.256 e. The lowest BCUT2D eigenvalue weighted by Crippen LogP contribution is -2.35. The molecule has 2 aliphatic rings. The summed E-state index contributed by atoms with van der Waals surface area (Å²) in [7, 11) is 0. The number of piperidine rings is 1. The third kappa shape index (κ3) is 3.97. The van der Waals surface area contributed by atoms with Crippen molar-refractivity contribution in [2.24, 2.45) is 0 Å². The van der Waals surface area contributed by atoms with Crippen molar-refractivity contribution in [1.82, 2.24) is 14.5 Å². The second-order valence-electron chi connectivity index (χ2n) is 6.16. The number of hydrogen-bond donors (Lipinski definition) is 0. The third-order valence-corrected chi connectivity index (χ3v) is 4.71. The minimum Gasteiger partial charge on any atom is -0.303 e. The zero-order valence-corrected chi connectivity index (χ0v) is 14.5. The van der Waals surface area contributed by atoms with Gasteiger partial charge in [0.15, 0.2) is 0 Å². The van der Waals surface area contributed by atoms with Crippen molar-refractivity contribution in [3.63, 3.8) is 0 Å². The largest absolute Gasteiger partial charge is 0.303 e. The highest BCUT2D eigenvalue weighted by Crippen LogP contribution is 2.14. The number of aryl methyl sites for hydroxylation is 2. The first-order valence-electron chi connectivity index (χ1n) is 9.07. The smallest absolute Gasteiger partial charge is 0.256 e. The van der Waals surface area contributed by atoms with E-state index >= 15 is 0 Å². The number of rotatable bonds is 3. The monoisotopic (exact) mass is 305 g/mol. The van der Waals surface area contributed by atoms with E-state index in [1.165, 1.54) is 38.8 Å². The molecule has 3 rings (SSSR count). The number of nitrogens with zero attached hydrogens (tertiary/aromatic N) is 3. The van der Waals surface area contributed by atoms with E-state index in [0.29, 0.717) is 0 Å². The van der Waals surface area contributed by atoms with Gasteiger partial charge in [-0.3, -0.25) is 9.36 Å². The van der Waals surface area contributed by atoms with Crippen molar-refractivity contribution in [1.29, 1.82) is 0 Å². The Morgan fingerprint density at radius 1 is 1.00 bits per heavy atom. The van der Waals surface area contributed by atoms with Crippen molar-refractivity contribution >= 4 is 0 Å². The lowest BCUT2D eigenvalue weighted by Gasteiger charge is -2.26. The van der Waals surface area contributed by atoms with Gasteiger partial charge in [0, 0.05) is 30.8 Å². The van der Waals surface area contributed by atoms with Crippen molar-refractivity contribution < 1.29 is 0 Å². The number of likely N-dealkylation sites (tertiary alicyclic amines) is 1. The molecule has 0 radical (unpaired) electrons. The highest BCUT2D eigenvalue weighted by atomic mass is 16.1. The predicted octanol–water partition coefficient (Wildman–Crippen LogP) is 2.94. The van der Waals surface area contributed by atoms with E-state index in [-0.39, 0.29) is 5.56 Å². The Labute approximate surface area is 134 Å². The van der Waals surface area contributed by atoms with Crippen molar-refractivity contribution in [2.75, 3.05) is 19.6 Å². The molecule has 1 aromatic heterocycles. The average Bonchev–Trinajstić information content (AvgIpc) is 2.57. The van der Waals surface area contributed by atoms with Crippen LogP contribution in [0, 0.1) is 6.92 Å². The first kappa shape index (κ1) is 17.2. The molecule has 22 heavy (non-hydrogen) atoms. The van der Waals surface area contributed by atoms with Gasteiger partial charge >= 0.3 is 0 Å². The fourth-order valence-corrected chi connectivity index (χ4v) is 3.47. The Kier molecular flexibility index (Phi) is 6.62. The molecular weight excluding hydrogens is 274 g/mol. The van der Waals surface area contributed by atoms with Gasteiger partial charge in [-0.05, 0) is 52.1 Å². The molecule has 0 aliphatic carbocycles. The Morgan fingerprint density at radius 3 is 2.41 bits per heavy atom. The van der Waals surface area contributed by atoms with Crippen LogP contribution in [-0.4, -0.2) is 34.1 Å². The van der Waals surface area contributed by atoms with Gasteiger partial charge in [0.05, 0.1) is 0 Å². The maximum atomic E-state index is 12.6. The summed E-state index contributed by atoms with van der Waals surface area (Å²) in [5.74, 6) is 1.00. The van der Waals surface area contributed by atoms with E-state index in [4.69, 9.17) is 0 Å². The molecule has 1 fully saturated rings. The fraction of sp³-hybridized carbons (Fsp3) is 0.778. The summed E-state index contributed by atoms with van der Waals surface area (Å²) in [5.41, 5.74) is 2.13. The zero-order valence-electron chi connectivity index (χ0n) is 14.5. The Bertz CT molecular complexity index is 530. The van der Waals surface area contributed by atoms with Gasteiger partial charge < -0.3 is 4.90 Å². The molecule has 0 saturated carbocycles. The second-order valence-corrected chi connectivity index (χ2v) is 6.16. The van der Waals surface area contributed by atoms with Crippen LogP contribution in [0.15, 0.2) is 4.79 Å². The molecule has 4 nitrogen and oxygen atoms in total. The van der Waals surface area contributed by atoms with Gasteiger partial charge in [-0.15, -0.1) is 0 Å². The quantitative estimate of drug-likeness (QED) is 0.862. The molecule has 0 bridgehead atoms.